The molecular formula is C44H55F2NO7. The van der Waals surface area contributed by atoms with Crippen LogP contribution in [-0.4, -0.2) is 75.9 Å². The molecule has 4 aliphatic carbocycles. The summed E-state index contributed by atoms with van der Waals surface area (Å²) in [5, 5.41) is 24.1. The molecule has 2 aromatic carbocycles. The van der Waals surface area contributed by atoms with Gasteiger partial charge < -0.3 is 24.6 Å². The van der Waals surface area contributed by atoms with E-state index in [0.29, 0.717) is 75.5 Å². The SMILES string of the molecule is CC1=CCC[C@@]2(C)[C@@H](CC[C@@]2(O)CN(C[C@H]2CCCO2)C(=O)[C@@]23CC[C@@](C)(C(=O)O2)C3(C)C)c2ccc(cc2C(=O)c2ccc(F)c(F)c2)C[C@@H](O)CC1. The Labute approximate surface area is 317 Å². The Kier molecular flexibility index (Phi) is 10.0. The summed E-state index contributed by atoms with van der Waals surface area (Å²) in [6.07, 6.45) is 7.40. The first kappa shape index (κ1) is 38.8. The molecule has 2 heterocycles. The van der Waals surface area contributed by atoms with Crippen LogP contribution in [0.4, 0.5) is 8.78 Å². The molecule has 0 unspecified atom stereocenters. The smallest absolute Gasteiger partial charge is 0.313 e. The van der Waals surface area contributed by atoms with E-state index in [2.05, 4.69) is 6.08 Å². The topological polar surface area (TPSA) is 113 Å². The molecule has 54 heavy (non-hydrogen) atoms. The first-order valence-electron chi connectivity index (χ1n) is 19.8. The average Bonchev–Trinajstić information content (AvgIpc) is 3.82. The van der Waals surface area contributed by atoms with Crippen molar-refractivity contribution in [1.82, 2.24) is 4.90 Å². The van der Waals surface area contributed by atoms with Crippen LogP contribution >= 0.6 is 0 Å². The highest BCUT2D eigenvalue weighted by molar-refractivity contribution is 6.10. The number of aliphatic hydroxyl groups is 2. The molecule has 8 nitrogen and oxygen atoms in total. The van der Waals surface area contributed by atoms with Crippen LogP contribution in [0.5, 0.6) is 0 Å². The number of nitrogens with zero attached hydrogens (tertiary/aromatic N) is 1. The normalized spacial score (nSPS) is 34.6. The van der Waals surface area contributed by atoms with E-state index in [1.54, 1.807) is 11.0 Å². The summed E-state index contributed by atoms with van der Waals surface area (Å²) in [7, 11) is 0. The molecule has 2 saturated carbocycles. The van der Waals surface area contributed by atoms with Gasteiger partial charge >= 0.3 is 5.97 Å². The summed E-state index contributed by atoms with van der Waals surface area (Å²) >= 11 is 0. The Bertz CT molecular complexity index is 1870. The summed E-state index contributed by atoms with van der Waals surface area (Å²) in [6, 6.07) is 8.70. The van der Waals surface area contributed by atoms with E-state index < -0.39 is 51.0 Å². The third kappa shape index (κ3) is 6.15. The predicted octanol–water partition coefficient (Wildman–Crippen LogP) is 7.36. The molecule has 4 fully saturated rings. The van der Waals surface area contributed by atoms with Crippen LogP contribution in [0.1, 0.15) is 132 Å². The summed E-state index contributed by atoms with van der Waals surface area (Å²) in [6.45, 7) is 10.7. The molecule has 4 bridgehead atoms. The van der Waals surface area contributed by atoms with Crippen molar-refractivity contribution < 1.29 is 42.9 Å². The number of carbonyl (C=O) groups excluding carboxylic acids is 3. The molecule has 7 atom stereocenters. The Balaban J connectivity index is 1.31. The van der Waals surface area contributed by atoms with Crippen LogP contribution in [0.2, 0.25) is 0 Å². The van der Waals surface area contributed by atoms with Crippen LogP contribution in [0.15, 0.2) is 48.0 Å². The zero-order valence-electron chi connectivity index (χ0n) is 32.3. The third-order valence-electron chi connectivity index (χ3n) is 14.7. The lowest BCUT2D eigenvalue weighted by molar-refractivity contribution is -0.178. The summed E-state index contributed by atoms with van der Waals surface area (Å²) in [4.78, 5) is 44.4. The second-order valence-corrected chi connectivity index (χ2v) is 17.9. The van der Waals surface area contributed by atoms with Crippen molar-refractivity contribution in [3.63, 3.8) is 0 Å². The number of benzene rings is 2. The highest BCUT2D eigenvalue weighted by Crippen LogP contribution is 2.66. The van der Waals surface area contributed by atoms with Crippen LogP contribution in [0.25, 0.3) is 0 Å². The molecule has 1 amide bonds. The van der Waals surface area contributed by atoms with Crippen LogP contribution in [0, 0.1) is 27.9 Å². The third-order valence-corrected chi connectivity index (χ3v) is 14.7. The molecule has 2 aliphatic heterocycles. The van der Waals surface area contributed by atoms with Gasteiger partial charge in [-0.25, -0.2) is 8.78 Å². The highest BCUT2D eigenvalue weighted by atomic mass is 19.2. The molecule has 292 valence electrons. The number of hydrogen-bond donors (Lipinski definition) is 2. The minimum atomic E-state index is -1.42. The van der Waals surface area contributed by atoms with E-state index in [1.165, 1.54) is 6.07 Å². The van der Waals surface area contributed by atoms with E-state index in [1.807, 2.05) is 46.8 Å². The molecular weight excluding hydrogens is 692 g/mol. The van der Waals surface area contributed by atoms with Crippen LogP contribution in [-0.2, 0) is 25.5 Å². The largest absolute Gasteiger partial charge is 0.448 e. The van der Waals surface area contributed by atoms with Gasteiger partial charge in [-0.05, 0) is 126 Å². The molecule has 2 N–H and O–H groups in total. The molecule has 0 aromatic heterocycles. The second kappa shape index (κ2) is 13.9. The van der Waals surface area contributed by atoms with E-state index in [9.17, 15) is 28.6 Å². The fourth-order valence-electron chi connectivity index (χ4n) is 10.5. The number of ketones is 1. The molecule has 2 saturated heterocycles. The summed E-state index contributed by atoms with van der Waals surface area (Å²) in [5.74, 6) is -3.65. The first-order chi connectivity index (χ1) is 25.4. The minimum Gasteiger partial charge on any atom is -0.448 e. The fourth-order valence-corrected chi connectivity index (χ4v) is 10.5. The number of carbonyl (C=O) groups is 3. The first-order valence-corrected chi connectivity index (χ1v) is 19.8. The van der Waals surface area contributed by atoms with Gasteiger partial charge in [0.05, 0.1) is 29.8 Å². The lowest BCUT2D eigenvalue weighted by Gasteiger charge is -2.48. The molecule has 2 aromatic rings. The molecule has 0 radical (unpaired) electrons. The number of hydrogen-bond acceptors (Lipinski definition) is 7. The van der Waals surface area contributed by atoms with Crippen LogP contribution < -0.4 is 0 Å². The van der Waals surface area contributed by atoms with Gasteiger partial charge in [0.1, 0.15) is 0 Å². The van der Waals surface area contributed by atoms with Crippen molar-refractivity contribution in [2.75, 3.05) is 19.7 Å². The van der Waals surface area contributed by atoms with Gasteiger partial charge in [-0.2, -0.15) is 0 Å². The predicted molar refractivity (Wildman–Crippen MR) is 199 cm³/mol. The maximum Gasteiger partial charge on any atom is 0.313 e. The fraction of sp³-hybridized carbons (Fsp3) is 0.614. The van der Waals surface area contributed by atoms with Gasteiger partial charge in [-0.3, -0.25) is 14.4 Å². The quantitative estimate of drug-likeness (QED) is 0.173. The van der Waals surface area contributed by atoms with Gasteiger partial charge in [0.25, 0.3) is 5.91 Å². The van der Waals surface area contributed by atoms with Crippen molar-refractivity contribution in [1.29, 1.82) is 0 Å². The van der Waals surface area contributed by atoms with Crippen molar-refractivity contribution in [3.05, 3.63) is 81.9 Å². The molecule has 8 rings (SSSR count). The van der Waals surface area contributed by atoms with Gasteiger partial charge in [-0.1, -0.05) is 44.6 Å². The number of amides is 1. The maximum absolute atomic E-state index is 15.1. The van der Waals surface area contributed by atoms with Crippen molar-refractivity contribution in [3.8, 4) is 0 Å². The highest BCUT2D eigenvalue weighted by Gasteiger charge is 2.76. The molecule has 6 aliphatic rings. The lowest BCUT2D eigenvalue weighted by Crippen LogP contribution is -2.61. The zero-order valence-corrected chi connectivity index (χ0v) is 32.3. The van der Waals surface area contributed by atoms with Gasteiger partial charge in [0, 0.05) is 35.1 Å². The number of esters is 1. The molecule has 10 heteroatoms. The van der Waals surface area contributed by atoms with Crippen molar-refractivity contribution >= 4 is 17.7 Å². The van der Waals surface area contributed by atoms with Crippen molar-refractivity contribution in [2.45, 2.75) is 135 Å². The Morgan fingerprint density at radius 2 is 1.74 bits per heavy atom. The summed E-state index contributed by atoms with van der Waals surface area (Å²) < 4.78 is 40.6. The van der Waals surface area contributed by atoms with Gasteiger partial charge in [-0.15, -0.1) is 0 Å². The van der Waals surface area contributed by atoms with E-state index in [0.717, 1.165) is 36.1 Å². The number of fused-ring (bicyclic) bond motifs is 10. The van der Waals surface area contributed by atoms with Gasteiger partial charge in [0.2, 0.25) is 0 Å². The lowest BCUT2D eigenvalue weighted by atomic mass is 9.64. The van der Waals surface area contributed by atoms with E-state index in [4.69, 9.17) is 9.47 Å². The number of allylic oxidation sites excluding steroid dienone is 2. The number of halogens is 2. The maximum atomic E-state index is 15.1. The Hall–Kier alpha value is -3.47. The van der Waals surface area contributed by atoms with E-state index >= 15 is 4.79 Å². The number of rotatable bonds is 7. The van der Waals surface area contributed by atoms with Gasteiger partial charge in [0.15, 0.2) is 23.0 Å². The van der Waals surface area contributed by atoms with E-state index in [-0.39, 0.29) is 42.6 Å². The number of ether oxygens (including phenoxy) is 2. The molecule has 0 spiro atoms. The monoisotopic (exact) mass is 747 g/mol. The number of aliphatic hydroxyl groups excluding tert-OH is 1. The Morgan fingerprint density at radius 3 is 2.41 bits per heavy atom. The van der Waals surface area contributed by atoms with Crippen LogP contribution in [0.3, 0.4) is 0 Å². The minimum absolute atomic E-state index is 0.00682. The Morgan fingerprint density at radius 1 is 0.963 bits per heavy atom. The summed E-state index contributed by atoms with van der Waals surface area (Å²) in [5.41, 5.74) is -2.32. The average molecular weight is 748 g/mol. The standard InChI is InChI=1S/C44H55F2NO7/c1-27-8-6-17-41(4)34(32-14-11-28(22-30(48)13-10-27)23-33(32)37(49)29-12-15-35(45)36(46)24-29)16-18-43(41,52)26-47(25-31-9-7-21-53-31)38(50)44-20-19-42(5,39(51)54-44)40(44,2)3/h8,11-12,14-15,23-24,30-31,34,48,52H,6-7,9-10,13,16-22,25-26H2,1-5H3/t30-,31+,34-,41-,42-,43+,44+/m0/s1. The second-order valence-electron chi connectivity index (χ2n) is 17.9. The van der Waals surface area contributed by atoms with Crippen molar-refractivity contribution in [2.24, 2.45) is 16.2 Å². The zero-order chi connectivity index (χ0) is 38.8.